The van der Waals surface area contributed by atoms with Crippen molar-refractivity contribution in [2.45, 2.75) is 49.8 Å². The maximum absolute atomic E-state index is 13.0. The molecular weight excluding hydrogens is 450 g/mol. The van der Waals surface area contributed by atoms with Crippen LogP contribution < -0.4 is 15.6 Å². The van der Waals surface area contributed by atoms with Gasteiger partial charge in [-0.2, -0.15) is 0 Å². The van der Waals surface area contributed by atoms with E-state index in [4.69, 9.17) is 9.26 Å². The quantitative estimate of drug-likeness (QED) is 0.309. The van der Waals surface area contributed by atoms with Crippen molar-refractivity contribution < 1.29 is 23.5 Å². The van der Waals surface area contributed by atoms with E-state index in [1.54, 1.807) is 13.8 Å². The predicted octanol–water partition coefficient (Wildman–Crippen LogP) is 3.48. The zero-order valence-corrected chi connectivity index (χ0v) is 19.4. The monoisotopic (exact) mass is 474 g/mol. The molecule has 10 heteroatoms. The third-order valence-corrected chi connectivity index (χ3v) is 7.51. The van der Waals surface area contributed by atoms with Crippen molar-refractivity contribution in [3.63, 3.8) is 0 Å². The number of para-hydroxylation sites is 1. The van der Waals surface area contributed by atoms with Crippen LogP contribution in [0, 0.1) is 0 Å². The molecule has 2 aromatic heterocycles. The third-order valence-electron chi connectivity index (χ3n) is 5.17. The number of fused-ring (bicyclic) bond motifs is 1. The average molecular weight is 475 g/mol. The van der Waals surface area contributed by atoms with E-state index < -0.39 is 16.8 Å². The van der Waals surface area contributed by atoms with E-state index in [2.05, 4.69) is 10.6 Å². The Hall–Kier alpha value is -2.85. The molecule has 0 fully saturated rings. The number of carbonyl (C=O) groups is 2. The molecule has 1 amide bonds. The summed E-state index contributed by atoms with van der Waals surface area (Å²) in [5.74, 6) is -0.713. The van der Waals surface area contributed by atoms with Gasteiger partial charge < -0.3 is 10.1 Å². The van der Waals surface area contributed by atoms with E-state index in [0.29, 0.717) is 16.3 Å². The number of nitrogens with one attached hydrogen (secondary N) is 2. The number of nitrogens with zero attached hydrogens (tertiary/aromatic N) is 1. The Balaban J connectivity index is 1.56. The van der Waals surface area contributed by atoms with Crippen molar-refractivity contribution in [1.82, 2.24) is 5.27 Å². The Bertz CT molecular complexity index is 1180. The van der Waals surface area contributed by atoms with Crippen LogP contribution in [0.2, 0.25) is 0 Å². The first-order valence-corrected chi connectivity index (χ1v) is 12.2. The van der Waals surface area contributed by atoms with Gasteiger partial charge in [-0.3, -0.25) is 9.32 Å². The summed E-state index contributed by atoms with van der Waals surface area (Å²) in [7, 11) is 0. The second-order valence-corrected chi connectivity index (χ2v) is 9.78. The van der Waals surface area contributed by atoms with E-state index >= 15 is 0 Å². The minimum Gasteiger partial charge on any atom is -0.462 e. The number of anilines is 1. The molecule has 4 rings (SSSR count). The summed E-state index contributed by atoms with van der Waals surface area (Å²) in [5.41, 5.74) is 1.61. The summed E-state index contributed by atoms with van der Waals surface area (Å²) in [6, 6.07) is 9.19. The summed E-state index contributed by atoms with van der Waals surface area (Å²) < 4.78 is 11.7. The summed E-state index contributed by atoms with van der Waals surface area (Å²) in [6.07, 6.45) is 3.78. The van der Waals surface area contributed by atoms with Gasteiger partial charge >= 0.3 is 16.6 Å². The van der Waals surface area contributed by atoms with Crippen LogP contribution in [0.5, 0.6) is 0 Å². The summed E-state index contributed by atoms with van der Waals surface area (Å²) in [4.78, 5) is 39.0. The first kappa shape index (κ1) is 22.3. The Labute approximate surface area is 192 Å². The molecule has 8 nitrogen and oxygen atoms in total. The summed E-state index contributed by atoms with van der Waals surface area (Å²) in [6.45, 7) is 3.74. The lowest BCUT2D eigenvalue weighted by molar-refractivity contribution is -0.704. The van der Waals surface area contributed by atoms with Crippen molar-refractivity contribution in [2.75, 3.05) is 11.9 Å². The van der Waals surface area contributed by atoms with E-state index in [9.17, 15) is 14.4 Å². The van der Waals surface area contributed by atoms with Gasteiger partial charge in [-0.15, -0.1) is 11.3 Å². The number of rotatable bonds is 7. The highest BCUT2D eigenvalue weighted by Gasteiger charge is 2.31. The van der Waals surface area contributed by atoms with Gasteiger partial charge in [0.1, 0.15) is 5.00 Å². The number of H-pyrrole nitrogens is 1. The van der Waals surface area contributed by atoms with Gasteiger partial charge in [-0.1, -0.05) is 18.2 Å². The first-order valence-electron chi connectivity index (χ1n) is 10.5. The molecule has 1 unspecified atom stereocenters. The number of aromatic nitrogens is 2. The van der Waals surface area contributed by atoms with Crippen LogP contribution in [0.3, 0.4) is 0 Å². The maximum Gasteiger partial charge on any atom is 0.442 e. The molecule has 1 atom stereocenters. The lowest BCUT2D eigenvalue weighted by atomic mass is 9.95. The Morgan fingerprint density at radius 2 is 2.03 bits per heavy atom. The maximum atomic E-state index is 13.0. The standard InChI is InChI=1S/C22H23N3O5S2/c1-3-29-21(27)17-15-11-7-8-12-16(15)32-19(17)23-18(26)13(2)31-20-22(28)30-24-25(20)14-9-5-4-6-10-14/h4-6,9-10,13H,3,7-8,11-12H2,1-2H3,(H-,23,24,26,27,28)/p+1. The number of benzene rings is 1. The minimum atomic E-state index is -0.613. The molecule has 168 valence electrons. The molecule has 0 saturated heterocycles. The number of amides is 1. The molecule has 0 radical (unpaired) electrons. The molecule has 0 bridgehead atoms. The Morgan fingerprint density at radius 1 is 1.28 bits per heavy atom. The Morgan fingerprint density at radius 3 is 2.78 bits per heavy atom. The van der Waals surface area contributed by atoms with Crippen LogP contribution >= 0.6 is 23.1 Å². The molecule has 2 heterocycles. The molecular formula is C22H24N3O5S2+. The molecule has 3 aromatic rings. The van der Waals surface area contributed by atoms with Crippen LogP contribution in [0.25, 0.3) is 5.69 Å². The predicted molar refractivity (Wildman–Crippen MR) is 122 cm³/mol. The number of ether oxygens (including phenoxy) is 1. The molecule has 0 aliphatic heterocycles. The number of hydrogen-bond acceptors (Lipinski definition) is 7. The van der Waals surface area contributed by atoms with E-state index in [0.717, 1.165) is 47.9 Å². The summed E-state index contributed by atoms with van der Waals surface area (Å²) >= 11 is 2.53. The van der Waals surface area contributed by atoms with Gasteiger partial charge in [0.15, 0.2) is 0 Å². The van der Waals surface area contributed by atoms with Gasteiger partial charge in [0.25, 0.3) is 0 Å². The van der Waals surface area contributed by atoms with Crippen LogP contribution in [-0.2, 0) is 22.4 Å². The molecule has 1 aliphatic carbocycles. The van der Waals surface area contributed by atoms with Crippen LogP contribution in [0.4, 0.5) is 5.00 Å². The molecule has 0 saturated carbocycles. The zero-order valence-electron chi connectivity index (χ0n) is 17.8. The van der Waals surface area contributed by atoms with Crippen molar-refractivity contribution in [2.24, 2.45) is 0 Å². The highest BCUT2D eigenvalue weighted by Crippen LogP contribution is 2.39. The molecule has 2 N–H and O–H groups in total. The second-order valence-electron chi connectivity index (χ2n) is 7.34. The smallest absolute Gasteiger partial charge is 0.442 e. The van der Waals surface area contributed by atoms with Gasteiger partial charge in [0, 0.05) is 17.0 Å². The highest BCUT2D eigenvalue weighted by molar-refractivity contribution is 8.00. The lowest BCUT2D eigenvalue weighted by Crippen LogP contribution is -2.37. The Kier molecular flexibility index (Phi) is 6.80. The fraction of sp³-hybridized carbons (Fsp3) is 0.364. The SMILES string of the molecule is CCOC(=O)c1c(NC(=O)C(C)Sc2c(=O)o[nH][n+]2-c2ccccc2)sc2c1CCCC2. The van der Waals surface area contributed by atoms with Gasteiger partial charge in [0.2, 0.25) is 11.6 Å². The number of carbonyl (C=O) groups excluding carboxylic acids is 2. The van der Waals surface area contributed by atoms with Crippen molar-refractivity contribution in [3.05, 3.63) is 56.8 Å². The molecule has 1 aromatic carbocycles. The molecule has 32 heavy (non-hydrogen) atoms. The van der Waals surface area contributed by atoms with Crippen molar-refractivity contribution in [1.29, 1.82) is 0 Å². The van der Waals surface area contributed by atoms with Crippen molar-refractivity contribution >= 4 is 40.0 Å². The fourth-order valence-electron chi connectivity index (χ4n) is 3.62. The second kappa shape index (κ2) is 9.74. The van der Waals surface area contributed by atoms with Crippen LogP contribution in [-0.4, -0.2) is 29.0 Å². The third kappa shape index (κ3) is 4.51. The lowest BCUT2D eigenvalue weighted by Gasteiger charge is -2.13. The van der Waals surface area contributed by atoms with E-state index in [1.165, 1.54) is 16.0 Å². The van der Waals surface area contributed by atoms with Crippen molar-refractivity contribution in [3.8, 4) is 5.69 Å². The minimum absolute atomic E-state index is 0.259. The van der Waals surface area contributed by atoms with Gasteiger partial charge in [-0.25, -0.2) is 9.59 Å². The number of hydrogen-bond donors (Lipinski definition) is 2. The van der Waals surface area contributed by atoms with Crippen LogP contribution in [0.1, 0.15) is 47.5 Å². The number of aryl methyl sites for hydroxylation is 1. The normalized spacial score (nSPS) is 13.9. The number of esters is 1. The number of thioether (sulfide) groups is 1. The average Bonchev–Trinajstić information content (AvgIpc) is 3.34. The fourth-order valence-corrected chi connectivity index (χ4v) is 5.79. The first-order chi connectivity index (χ1) is 15.5. The topological polar surface area (TPSA) is 105 Å². The number of thiophene rings is 1. The number of aromatic amines is 1. The highest BCUT2D eigenvalue weighted by atomic mass is 32.2. The van der Waals surface area contributed by atoms with E-state index in [-0.39, 0.29) is 17.5 Å². The van der Waals surface area contributed by atoms with Gasteiger partial charge in [-0.05, 0) is 66.8 Å². The van der Waals surface area contributed by atoms with E-state index in [1.807, 2.05) is 30.3 Å². The van der Waals surface area contributed by atoms with Crippen LogP contribution in [0.15, 0.2) is 44.7 Å². The van der Waals surface area contributed by atoms with Gasteiger partial charge in [0.05, 0.1) is 17.4 Å². The zero-order chi connectivity index (χ0) is 22.7. The summed E-state index contributed by atoms with van der Waals surface area (Å²) in [5, 5.41) is 5.64. The molecule has 1 aliphatic rings. The molecule has 0 spiro atoms. The largest absolute Gasteiger partial charge is 0.462 e.